The van der Waals surface area contributed by atoms with E-state index < -0.39 is 29.0 Å². The van der Waals surface area contributed by atoms with Gasteiger partial charge in [0.05, 0.1) is 5.54 Å². The Hall–Kier alpha value is -1.86. The lowest BCUT2D eigenvalue weighted by Crippen LogP contribution is -2.60. The monoisotopic (exact) mass is 334 g/mol. The summed E-state index contributed by atoms with van der Waals surface area (Å²) < 4.78 is 37.8. The molecule has 1 aliphatic heterocycles. The molecule has 2 amide bonds. The minimum atomic E-state index is -4.66. The molecule has 0 aliphatic carbocycles. The van der Waals surface area contributed by atoms with Gasteiger partial charge in [-0.1, -0.05) is 17.3 Å². The molecule has 1 aliphatic rings. The highest BCUT2D eigenvalue weighted by atomic mass is 32.1. The van der Waals surface area contributed by atoms with Gasteiger partial charge in [-0.15, -0.1) is 16.6 Å². The van der Waals surface area contributed by atoms with E-state index in [1.165, 1.54) is 4.90 Å². The fourth-order valence-corrected chi connectivity index (χ4v) is 2.71. The summed E-state index contributed by atoms with van der Waals surface area (Å²) in [6.07, 6.45) is -0.410. The van der Waals surface area contributed by atoms with Crippen LogP contribution in [0.5, 0.6) is 0 Å². The Labute approximate surface area is 128 Å². The van der Waals surface area contributed by atoms with Crippen LogP contribution in [0, 0.1) is 12.3 Å². The quantitative estimate of drug-likeness (QED) is 0.839. The molecule has 0 saturated carbocycles. The van der Waals surface area contributed by atoms with Gasteiger partial charge in [-0.05, 0) is 13.8 Å². The molecule has 1 atom stereocenters. The highest BCUT2D eigenvalue weighted by Gasteiger charge is 2.43. The molecule has 1 N–H and O–H groups in total. The maximum absolute atomic E-state index is 12.6. The molecular formula is C12H13F3N4O2S. The number of terminal acetylenes is 1. The standard InChI is InChI=1S/C12H13F3N4O2S/c1-4-11(2,3)18-6-5-7(20)19(10(18)21)9-17-16-8(22-9)12(13,14)15/h1,7,20H,5-6H2,2-3H3. The molecule has 1 unspecified atom stereocenters. The topological polar surface area (TPSA) is 69.6 Å². The number of urea groups is 1. The number of carbonyl (C=O) groups excluding carboxylic acids is 1. The Kier molecular flexibility index (Phi) is 4.06. The average Bonchev–Trinajstić information content (AvgIpc) is 2.88. The van der Waals surface area contributed by atoms with Crippen molar-refractivity contribution in [2.24, 2.45) is 0 Å². The van der Waals surface area contributed by atoms with Crippen LogP contribution in [0.3, 0.4) is 0 Å². The van der Waals surface area contributed by atoms with Crippen molar-refractivity contribution in [1.82, 2.24) is 15.1 Å². The van der Waals surface area contributed by atoms with Gasteiger partial charge in [-0.3, -0.25) is 0 Å². The number of anilines is 1. The second-order valence-electron chi connectivity index (χ2n) is 5.16. The van der Waals surface area contributed by atoms with Crippen LogP contribution >= 0.6 is 11.3 Å². The summed E-state index contributed by atoms with van der Waals surface area (Å²) >= 11 is 0.194. The van der Waals surface area contributed by atoms with Crippen LogP contribution in [-0.4, -0.2) is 44.5 Å². The number of aliphatic hydroxyl groups is 1. The Morgan fingerprint density at radius 2 is 2.05 bits per heavy atom. The number of aliphatic hydroxyl groups excluding tert-OH is 1. The Bertz CT molecular complexity index is 623. The zero-order valence-corrected chi connectivity index (χ0v) is 12.6. The molecule has 120 valence electrons. The van der Waals surface area contributed by atoms with Gasteiger partial charge in [-0.25, -0.2) is 9.69 Å². The molecule has 0 radical (unpaired) electrons. The first-order chi connectivity index (χ1) is 10.1. The number of carbonyl (C=O) groups is 1. The van der Waals surface area contributed by atoms with Crippen LogP contribution in [-0.2, 0) is 6.18 Å². The van der Waals surface area contributed by atoms with Gasteiger partial charge in [0.15, 0.2) is 0 Å². The van der Waals surface area contributed by atoms with Crippen LogP contribution in [0.1, 0.15) is 25.3 Å². The zero-order chi connectivity index (χ0) is 16.7. The molecule has 1 saturated heterocycles. The molecule has 22 heavy (non-hydrogen) atoms. The third kappa shape index (κ3) is 2.86. The number of hydrogen-bond acceptors (Lipinski definition) is 5. The second-order valence-corrected chi connectivity index (χ2v) is 6.12. The van der Waals surface area contributed by atoms with E-state index in [4.69, 9.17) is 6.42 Å². The molecule has 2 heterocycles. The smallest absolute Gasteiger partial charge is 0.373 e. The van der Waals surface area contributed by atoms with Crippen LogP contribution in [0.25, 0.3) is 0 Å². The van der Waals surface area contributed by atoms with E-state index in [1.54, 1.807) is 13.8 Å². The number of nitrogens with zero attached hydrogens (tertiary/aromatic N) is 4. The van der Waals surface area contributed by atoms with Crippen molar-refractivity contribution in [1.29, 1.82) is 0 Å². The molecule has 0 bridgehead atoms. The maximum atomic E-state index is 12.6. The highest BCUT2D eigenvalue weighted by molar-refractivity contribution is 7.15. The summed E-state index contributed by atoms with van der Waals surface area (Å²) in [5, 5.41) is 14.8. The number of rotatable bonds is 2. The lowest BCUT2D eigenvalue weighted by molar-refractivity contribution is -0.138. The molecule has 0 aromatic carbocycles. The Morgan fingerprint density at radius 3 is 2.55 bits per heavy atom. The Morgan fingerprint density at radius 1 is 1.41 bits per heavy atom. The van der Waals surface area contributed by atoms with E-state index in [0.29, 0.717) is 0 Å². The summed E-state index contributed by atoms with van der Waals surface area (Å²) in [7, 11) is 0. The van der Waals surface area contributed by atoms with E-state index in [0.717, 1.165) is 4.90 Å². The van der Waals surface area contributed by atoms with E-state index in [9.17, 15) is 23.1 Å². The third-order valence-corrected chi connectivity index (χ3v) is 4.20. The van der Waals surface area contributed by atoms with Gasteiger partial charge in [0.2, 0.25) is 10.1 Å². The number of aromatic nitrogens is 2. The summed E-state index contributed by atoms with van der Waals surface area (Å²) in [5.74, 6) is 2.44. The fourth-order valence-electron chi connectivity index (χ4n) is 1.96. The molecule has 2 rings (SSSR count). The van der Waals surface area contributed by atoms with Crippen molar-refractivity contribution in [2.45, 2.75) is 38.2 Å². The van der Waals surface area contributed by atoms with E-state index in [1.807, 2.05) is 0 Å². The SMILES string of the molecule is C#CC(C)(C)N1CCC(O)N(c2nnc(C(F)(F)F)s2)C1=O. The maximum Gasteiger partial charge on any atom is 0.445 e. The lowest BCUT2D eigenvalue weighted by atomic mass is 10.0. The first-order valence-corrected chi connectivity index (χ1v) is 7.07. The fraction of sp³-hybridized carbons (Fsp3) is 0.583. The van der Waals surface area contributed by atoms with Crippen molar-refractivity contribution in [3.63, 3.8) is 0 Å². The highest BCUT2D eigenvalue weighted by Crippen LogP contribution is 2.36. The molecule has 10 heteroatoms. The molecule has 0 spiro atoms. The van der Waals surface area contributed by atoms with Crippen LogP contribution < -0.4 is 4.90 Å². The summed E-state index contributed by atoms with van der Waals surface area (Å²) in [6, 6.07) is -0.702. The van der Waals surface area contributed by atoms with E-state index in [-0.39, 0.29) is 29.4 Å². The average molecular weight is 334 g/mol. The van der Waals surface area contributed by atoms with Crippen molar-refractivity contribution in [3.05, 3.63) is 5.01 Å². The second kappa shape index (κ2) is 5.40. The molecule has 1 fully saturated rings. The molecule has 6 nitrogen and oxygen atoms in total. The first-order valence-electron chi connectivity index (χ1n) is 6.25. The normalized spacial score (nSPS) is 20.2. The van der Waals surface area contributed by atoms with Gasteiger partial charge in [0, 0.05) is 13.0 Å². The third-order valence-electron chi connectivity index (χ3n) is 3.24. The van der Waals surface area contributed by atoms with E-state index >= 15 is 0 Å². The predicted octanol–water partition coefficient (Wildman–Crippen LogP) is 1.92. The van der Waals surface area contributed by atoms with Crippen LogP contribution in [0.4, 0.5) is 23.1 Å². The van der Waals surface area contributed by atoms with Gasteiger partial charge in [0.1, 0.15) is 6.23 Å². The van der Waals surface area contributed by atoms with Gasteiger partial charge in [0.25, 0.3) is 0 Å². The number of halogens is 3. The predicted molar refractivity (Wildman–Crippen MR) is 73.0 cm³/mol. The number of hydrogen-bond donors (Lipinski definition) is 1. The van der Waals surface area contributed by atoms with Gasteiger partial charge in [-0.2, -0.15) is 13.2 Å². The summed E-state index contributed by atoms with van der Waals surface area (Å²) in [6.45, 7) is 3.45. The summed E-state index contributed by atoms with van der Waals surface area (Å²) in [5.41, 5.74) is -0.937. The largest absolute Gasteiger partial charge is 0.445 e. The van der Waals surface area contributed by atoms with Crippen molar-refractivity contribution < 1.29 is 23.1 Å². The van der Waals surface area contributed by atoms with E-state index in [2.05, 4.69) is 16.1 Å². The minimum absolute atomic E-state index is 0.137. The number of alkyl halides is 3. The lowest BCUT2D eigenvalue weighted by Gasteiger charge is -2.43. The van der Waals surface area contributed by atoms with Crippen LogP contribution in [0.15, 0.2) is 0 Å². The van der Waals surface area contributed by atoms with Gasteiger partial charge < -0.3 is 10.0 Å². The number of amides is 2. The minimum Gasteiger partial charge on any atom is -0.373 e. The van der Waals surface area contributed by atoms with Gasteiger partial charge >= 0.3 is 12.2 Å². The molecule has 1 aromatic heterocycles. The van der Waals surface area contributed by atoms with Crippen molar-refractivity contribution in [2.75, 3.05) is 11.4 Å². The molecule has 1 aromatic rings. The zero-order valence-electron chi connectivity index (χ0n) is 11.8. The first kappa shape index (κ1) is 16.5. The summed E-state index contributed by atoms with van der Waals surface area (Å²) in [4.78, 5) is 14.5. The van der Waals surface area contributed by atoms with Crippen LogP contribution in [0.2, 0.25) is 0 Å². The van der Waals surface area contributed by atoms with Crippen molar-refractivity contribution in [3.8, 4) is 12.3 Å². The molecular weight excluding hydrogens is 321 g/mol. The Balaban J connectivity index is 2.35. The van der Waals surface area contributed by atoms with Crippen molar-refractivity contribution >= 4 is 22.5 Å².